The Labute approximate surface area is 114 Å². The van der Waals surface area contributed by atoms with Crippen molar-refractivity contribution in [3.8, 4) is 5.75 Å². The lowest BCUT2D eigenvalue weighted by atomic mass is 10.1. The van der Waals surface area contributed by atoms with Crippen LogP contribution in [-0.4, -0.2) is 24.2 Å². The van der Waals surface area contributed by atoms with Crippen LogP contribution in [0.4, 0.5) is 0 Å². The van der Waals surface area contributed by atoms with Gasteiger partial charge in [-0.3, -0.25) is 9.80 Å². The molecular weight excluding hydrogens is 236 g/mol. The molecule has 0 bridgehead atoms. The summed E-state index contributed by atoms with van der Waals surface area (Å²) in [7, 11) is 0. The minimum absolute atomic E-state index is 0.928. The average molecular weight is 257 g/mol. The van der Waals surface area contributed by atoms with Crippen molar-refractivity contribution < 1.29 is 9.22 Å². The highest BCUT2D eigenvalue weighted by Gasteiger charge is 2.37. The zero-order valence-corrected chi connectivity index (χ0v) is 11.4. The smallest absolute Gasteiger partial charge is 0.169 e. The molecule has 3 nitrogen and oxygen atoms in total. The highest BCUT2D eigenvalue weighted by molar-refractivity contribution is 5.35. The Balaban J connectivity index is 1.89. The van der Waals surface area contributed by atoms with E-state index in [1.807, 2.05) is 18.4 Å². The van der Waals surface area contributed by atoms with Gasteiger partial charge < -0.3 is 4.74 Å². The van der Waals surface area contributed by atoms with E-state index < -0.39 is 0 Å². The number of para-hydroxylation sites is 1. The van der Waals surface area contributed by atoms with Gasteiger partial charge in [0, 0.05) is 11.6 Å². The first-order valence-corrected chi connectivity index (χ1v) is 7.03. The molecule has 1 aromatic carbocycles. The van der Waals surface area contributed by atoms with Crippen LogP contribution in [0.2, 0.25) is 0 Å². The molecule has 0 saturated heterocycles. The van der Waals surface area contributed by atoms with Crippen LogP contribution >= 0.6 is 0 Å². The summed E-state index contributed by atoms with van der Waals surface area (Å²) in [6.45, 7) is 6.26. The Kier molecular flexibility index (Phi) is 3.40. The molecule has 1 unspecified atom stereocenters. The molecule has 0 fully saturated rings. The number of benzene rings is 1. The van der Waals surface area contributed by atoms with Crippen LogP contribution < -0.4 is 10.1 Å². The van der Waals surface area contributed by atoms with Gasteiger partial charge in [0.1, 0.15) is 25.5 Å². The third-order valence-electron chi connectivity index (χ3n) is 3.88. The first-order valence-electron chi connectivity index (χ1n) is 7.03. The van der Waals surface area contributed by atoms with E-state index >= 15 is 0 Å². The molecule has 0 spiro atoms. The van der Waals surface area contributed by atoms with Crippen LogP contribution in [0.3, 0.4) is 0 Å². The van der Waals surface area contributed by atoms with Gasteiger partial charge in [-0.05, 0) is 31.2 Å². The number of rotatable bonds is 4. The summed E-state index contributed by atoms with van der Waals surface area (Å²) in [5.41, 5.74) is 2.55. The average Bonchev–Trinajstić information content (AvgIpc) is 2.74. The molecule has 2 aliphatic heterocycles. The number of fused-ring (bicyclic) bond motifs is 2. The number of nitrogens with zero attached hydrogens (tertiary/aromatic N) is 1. The predicted molar refractivity (Wildman–Crippen MR) is 76.3 cm³/mol. The van der Waals surface area contributed by atoms with Gasteiger partial charge in [-0.1, -0.05) is 19.1 Å². The van der Waals surface area contributed by atoms with Gasteiger partial charge in [0.15, 0.2) is 12.0 Å². The Hall–Kier alpha value is -1.58. The summed E-state index contributed by atoms with van der Waals surface area (Å²) < 4.78 is 6.76. The van der Waals surface area contributed by atoms with Crippen molar-refractivity contribution >= 4 is 0 Å². The minimum Gasteiger partial charge on any atom is -0.458 e. The van der Waals surface area contributed by atoms with Crippen LogP contribution in [-0.2, 0) is 6.54 Å². The van der Waals surface area contributed by atoms with Crippen molar-refractivity contribution in [3.05, 3.63) is 53.9 Å². The van der Waals surface area contributed by atoms with Crippen LogP contribution in [0.1, 0.15) is 18.9 Å². The predicted octanol–water partition coefficient (Wildman–Crippen LogP) is 2.76. The van der Waals surface area contributed by atoms with Gasteiger partial charge in [-0.25, -0.2) is 0 Å². The van der Waals surface area contributed by atoms with Gasteiger partial charge >= 0.3 is 0 Å². The van der Waals surface area contributed by atoms with Crippen LogP contribution in [0.25, 0.3) is 0 Å². The van der Waals surface area contributed by atoms with E-state index in [0.717, 1.165) is 36.5 Å². The van der Waals surface area contributed by atoms with Crippen molar-refractivity contribution in [2.75, 3.05) is 19.8 Å². The number of ether oxygens (including phenoxy) is 1. The van der Waals surface area contributed by atoms with E-state index in [2.05, 4.69) is 36.5 Å². The molecule has 1 N–H and O–H groups in total. The molecule has 1 atom stereocenters. The molecule has 0 aromatic heterocycles. The topological polar surface area (TPSA) is 21.3 Å². The first kappa shape index (κ1) is 12.5. The second kappa shape index (κ2) is 5.19. The lowest BCUT2D eigenvalue weighted by molar-refractivity contribution is -0.895. The zero-order chi connectivity index (χ0) is 13.1. The normalized spacial score (nSPS) is 24.2. The van der Waals surface area contributed by atoms with E-state index in [-0.39, 0.29) is 0 Å². The molecule has 0 radical (unpaired) electrons. The quantitative estimate of drug-likeness (QED) is 0.661. The molecule has 3 heteroatoms. The summed E-state index contributed by atoms with van der Waals surface area (Å²) in [5.74, 6) is 0.991. The molecule has 2 heterocycles. The van der Waals surface area contributed by atoms with Crippen molar-refractivity contribution in [2.45, 2.75) is 19.9 Å². The fourth-order valence-electron chi connectivity index (χ4n) is 2.83. The largest absolute Gasteiger partial charge is 0.458 e. The fourth-order valence-corrected chi connectivity index (χ4v) is 2.83. The number of hydrogen-bond donors (Lipinski definition) is 1. The second-order valence-electron chi connectivity index (χ2n) is 5.31. The van der Waals surface area contributed by atoms with Gasteiger partial charge in [0.2, 0.25) is 0 Å². The maximum Gasteiger partial charge on any atom is 0.169 e. The Morgan fingerprint density at radius 2 is 2.21 bits per heavy atom. The zero-order valence-electron chi connectivity index (χ0n) is 11.4. The number of nitrogens with one attached hydrogen (secondary N) is 1. The van der Waals surface area contributed by atoms with E-state index in [4.69, 9.17) is 4.74 Å². The summed E-state index contributed by atoms with van der Waals surface area (Å²) in [6, 6.07) is 8.34. The Morgan fingerprint density at radius 3 is 3.11 bits per heavy atom. The fraction of sp³-hybridized carbons (Fsp3) is 0.375. The molecule has 2 aliphatic rings. The molecule has 3 rings (SSSR count). The molecule has 0 aliphatic carbocycles. The van der Waals surface area contributed by atoms with Crippen LogP contribution in [0.15, 0.2) is 48.4 Å². The number of hydrogen-bond acceptors (Lipinski definition) is 2. The first-order chi connectivity index (χ1) is 9.34. The Morgan fingerprint density at radius 1 is 1.32 bits per heavy atom. The van der Waals surface area contributed by atoms with Gasteiger partial charge in [0.05, 0.1) is 0 Å². The summed E-state index contributed by atoms with van der Waals surface area (Å²) in [4.78, 5) is 0. The van der Waals surface area contributed by atoms with Crippen LogP contribution in [0.5, 0.6) is 5.75 Å². The molecular formula is C16H21N2O+. The van der Waals surface area contributed by atoms with Gasteiger partial charge in [-0.2, -0.15) is 0 Å². The van der Waals surface area contributed by atoms with Crippen molar-refractivity contribution in [1.82, 2.24) is 5.32 Å². The van der Waals surface area contributed by atoms with Crippen molar-refractivity contribution in [3.63, 3.8) is 0 Å². The standard InChI is InChI=1S/C16H21N2O/c1-2-9-17-13-18-10-5-7-15(18)12-19-16-8-4-3-6-14(16)11-18/h3-8,12,17H,2,9-11,13H2,1H3/q+1. The van der Waals surface area contributed by atoms with Crippen molar-refractivity contribution in [1.29, 1.82) is 0 Å². The number of quaternary nitrogens is 1. The van der Waals surface area contributed by atoms with E-state index in [9.17, 15) is 0 Å². The summed E-state index contributed by atoms with van der Waals surface area (Å²) in [5, 5.41) is 3.56. The lowest BCUT2D eigenvalue weighted by Crippen LogP contribution is -2.49. The molecule has 19 heavy (non-hydrogen) atoms. The lowest BCUT2D eigenvalue weighted by Gasteiger charge is -2.34. The molecule has 0 saturated carbocycles. The monoisotopic (exact) mass is 257 g/mol. The number of allylic oxidation sites excluding steroid dienone is 1. The SMILES string of the molecule is CCCNC[N+]12CC=CC1=COc1ccccc1C2. The van der Waals surface area contributed by atoms with Gasteiger partial charge in [0.25, 0.3) is 0 Å². The second-order valence-corrected chi connectivity index (χ2v) is 5.31. The third kappa shape index (κ3) is 2.31. The summed E-state index contributed by atoms with van der Waals surface area (Å²) >= 11 is 0. The highest BCUT2D eigenvalue weighted by Crippen LogP contribution is 2.34. The maximum atomic E-state index is 5.84. The molecule has 100 valence electrons. The minimum atomic E-state index is 0.928. The van der Waals surface area contributed by atoms with Crippen molar-refractivity contribution in [2.24, 2.45) is 0 Å². The molecule has 1 aromatic rings. The van der Waals surface area contributed by atoms with Gasteiger partial charge in [-0.15, -0.1) is 0 Å². The third-order valence-corrected chi connectivity index (χ3v) is 3.88. The Bertz CT molecular complexity index is 521. The highest BCUT2D eigenvalue weighted by atomic mass is 16.5. The summed E-state index contributed by atoms with van der Waals surface area (Å²) in [6.07, 6.45) is 7.53. The van der Waals surface area contributed by atoms with E-state index in [0.29, 0.717) is 0 Å². The van der Waals surface area contributed by atoms with E-state index in [1.54, 1.807) is 0 Å². The molecule has 0 amide bonds. The maximum absolute atomic E-state index is 5.84. The van der Waals surface area contributed by atoms with E-state index in [1.165, 1.54) is 17.7 Å². The van der Waals surface area contributed by atoms with Crippen LogP contribution in [0, 0.1) is 0 Å².